The van der Waals surface area contributed by atoms with Gasteiger partial charge in [-0.1, -0.05) is 38.8 Å². The van der Waals surface area contributed by atoms with Gasteiger partial charge in [0, 0.05) is 12.2 Å². The molecule has 0 spiro atoms. The lowest BCUT2D eigenvalue weighted by atomic mass is 10.1. The third-order valence-electron chi connectivity index (χ3n) is 3.35. The van der Waals surface area contributed by atoms with Gasteiger partial charge in [-0.3, -0.25) is 9.69 Å². The molecule has 1 amide bonds. The first-order chi connectivity index (χ1) is 9.46. The van der Waals surface area contributed by atoms with E-state index in [2.05, 4.69) is 31.0 Å². The smallest absolute Gasteiger partial charge is 0.238 e. The number of nitrogen functional groups attached to an aromatic ring is 1. The van der Waals surface area contributed by atoms with Gasteiger partial charge >= 0.3 is 0 Å². The Hall–Kier alpha value is -1.26. The minimum atomic E-state index is -0.0670. The van der Waals surface area contributed by atoms with Crippen LogP contribution in [-0.4, -0.2) is 30.4 Å². The highest BCUT2D eigenvalue weighted by Crippen LogP contribution is 2.23. The Morgan fingerprint density at radius 3 is 2.75 bits per heavy atom. The molecular formula is C15H24ClN3O. The molecule has 0 radical (unpaired) electrons. The van der Waals surface area contributed by atoms with Crippen LogP contribution in [0.15, 0.2) is 18.2 Å². The van der Waals surface area contributed by atoms with Crippen molar-refractivity contribution in [2.45, 2.75) is 27.2 Å². The van der Waals surface area contributed by atoms with Crippen molar-refractivity contribution in [2.75, 3.05) is 30.7 Å². The molecule has 1 rings (SSSR count). The zero-order valence-electron chi connectivity index (χ0n) is 12.4. The van der Waals surface area contributed by atoms with Gasteiger partial charge in [0.1, 0.15) is 0 Å². The Balaban J connectivity index is 2.59. The molecule has 1 unspecified atom stereocenters. The zero-order valence-corrected chi connectivity index (χ0v) is 13.2. The van der Waals surface area contributed by atoms with Crippen LogP contribution in [0.3, 0.4) is 0 Å². The van der Waals surface area contributed by atoms with E-state index in [1.165, 1.54) is 0 Å². The number of carbonyl (C=O) groups is 1. The number of nitrogens with two attached hydrogens (primary N) is 1. The normalized spacial score (nSPS) is 12.4. The predicted molar refractivity (Wildman–Crippen MR) is 86.1 cm³/mol. The van der Waals surface area contributed by atoms with Crippen LogP contribution in [0.5, 0.6) is 0 Å². The van der Waals surface area contributed by atoms with Gasteiger partial charge in [0.2, 0.25) is 5.91 Å². The molecule has 0 aromatic heterocycles. The molecule has 1 atom stereocenters. The van der Waals surface area contributed by atoms with E-state index in [1.807, 2.05) is 0 Å². The lowest BCUT2D eigenvalue weighted by Crippen LogP contribution is -2.36. The molecule has 5 heteroatoms. The van der Waals surface area contributed by atoms with Crippen LogP contribution in [0.4, 0.5) is 11.4 Å². The second-order valence-electron chi connectivity index (χ2n) is 5.13. The topological polar surface area (TPSA) is 58.4 Å². The minimum Gasteiger partial charge on any atom is -0.399 e. The lowest BCUT2D eigenvalue weighted by molar-refractivity contribution is -0.117. The summed E-state index contributed by atoms with van der Waals surface area (Å²) >= 11 is 6.03. The molecule has 0 aliphatic heterocycles. The molecular weight excluding hydrogens is 274 g/mol. The quantitative estimate of drug-likeness (QED) is 0.760. The minimum absolute atomic E-state index is 0.0670. The van der Waals surface area contributed by atoms with Crippen LogP contribution in [-0.2, 0) is 4.79 Å². The number of nitrogens with zero attached hydrogens (tertiary/aromatic N) is 1. The van der Waals surface area contributed by atoms with Gasteiger partial charge in [-0.25, -0.2) is 0 Å². The molecule has 1 aromatic rings. The molecule has 0 heterocycles. The van der Waals surface area contributed by atoms with Crippen LogP contribution in [0.2, 0.25) is 5.02 Å². The van der Waals surface area contributed by atoms with Gasteiger partial charge in [-0.2, -0.15) is 0 Å². The van der Waals surface area contributed by atoms with Gasteiger partial charge in [-0.15, -0.1) is 0 Å². The number of halogens is 1. The van der Waals surface area contributed by atoms with E-state index in [4.69, 9.17) is 17.3 Å². The third kappa shape index (κ3) is 5.39. The largest absolute Gasteiger partial charge is 0.399 e. The Morgan fingerprint density at radius 2 is 2.15 bits per heavy atom. The summed E-state index contributed by atoms with van der Waals surface area (Å²) in [6, 6.07) is 5.06. The van der Waals surface area contributed by atoms with Crippen molar-refractivity contribution >= 4 is 28.9 Å². The van der Waals surface area contributed by atoms with Gasteiger partial charge in [-0.05, 0) is 30.7 Å². The van der Waals surface area contributed by atoms with Gasteiger partial charge in [0.05, 0.1) is 17.3 Å². The van der Waals surface area contributed by atoms with Crippen molar-refractivity contribution in [1.82, 2.24) is 4.90 Å². The molecule has 0 aliphatic carbocycles. The van der Waals surface area contributed by atoms with E-state index in [9.17, 15) is 4.79 Å². The molecule has 0 saturated heterocycles. The van der Waals surface area contributed by atoms with Crippen molar-refractivity contribution in [3.05, 3.63) is 23.2 Å². The summed E-state index contributed by atoms with van der Waals surface area (Å²) in [5.74, 6) is 0.515. The van der Waals surface area contributed by atoms with Crippen molar-refractivity contribution in [1.29, 1.82) is 0 Å². The van der Waals surface area contributed by atoms with Gasteiger partial charge in [0.15, 0.2) is 0 Å². The average molecular weight is 298 g/mol. The van der Waals surface area contributed by atoms with Crippen molar-refractivity contribution in [2.24, 2.45) is 5.92 Å². The van der Waals surface area contributed by atoms with Crippen LogP contribution >= 0.6 is 11.6 Å². The zero-order chi connectivity index (χ0) is 15.1. The first-order valence-electron chi connectivity index (χ1n) is 7.03. The molecule has 3 N–H and O–H groups in total. The fourth-order valence-corrected chi connectivity index (χ4v) is 2.07. The summed E-state index contributed by atoms with van der Waals surface area (Å²) in [6.07, 6.45) is 1.11. The number of hydrogen-bond donors (Lipinski definition) is 2. The standard InChI is InChI=1S/C15H24ClN3O/c1-4-11(3)9-19(5-2)10-15(20)18-14-8-12(17)6-7-13(14)16/h6-8,11H,4-5,9-10,17H2,1-3H3,(H,18,20). The van der Waals surface area contributed by atoms with Crippen molar-refractivity contribution < 1.29 is 4.79 Å². The summed E-state index contributed by atoms with van der Waals surface area (Å²) in [6.45, 7) is 8.54. The maximum absolute atomic E-state index is 12.1. The van der Waals surface area contributed by atoms with E-state index in [0.717, 1.165) is 19.5 Å². The molecule has 0 bridgehead atoms. The fourth-order valence-electron chi connectivity index (χ4n) is 1.91. The highest BCUT2D eigenvalue weighted by atomic mass is 35.5. The van der Waals surface area contributed by atoms with Crippen LogP contribution in [0.25, 0.3) is 0 Å². The van der Waals surface area contributed by atoms with E-state index in [0.29, 0.717) is 28.9 Å². The Labute approximate surface area is 126 Å². The van der Waals surface area contributed by atoms with Crippen molar-refractivity contribution in [3.8, 4) is 0 Å². The highest BCUT2D eigenvalue weighted by molar-refractivity contribution is 6.33. The fraction of sp³-hybridized carbons (Fsp3) is 0.533. The van der Waals surface area contributed by atoms with E-state index in [1.54, 1.807) is 18.2 Å². The summed E-state index contributed by atoms with van der Waals surface area (Å²) in [5.41, 5.74) is 6.84. The summed E-state index contributed by atoms with van der Waals surface area (Å²) in [7, 11) is 0. The maximum atomic E-state index is 12.1. The molecule has 1 aromatic carbocycles. The first kappa shape index (κ1) is 16.8. The number of benzene rings is 1. The molecule has 0 fully saturated rings. The molecule has 20 heavy (non-hydrogen) atoms. The molecule has 4 nitrogen and oxygen atoms in total. The Morgan fingerprint density at radius 1 is 1.45 bits per heavy atom. The first-order valence-corrected chi connectivity index (χ1v) is 7.41. The van der Waals surface area contributed by atoms with E-state index < -0.39 is 0 Å². The monoisotopic (exact) mass is 297 g/mol. The second-order valence-corrected chi connectivity index (χ2v) is 5.54. The number of anilines is 2. The Bertz CT molecular complexity index is 451. The number of nitrogens with one attached hydrogen (secondary N) is 1. The third-order valence-corrected chi connectivity index (χ3v) is 3.68. The number of amides is 1. The molecule has 112 valence electrons. The summed E-state index contributed by atoms with van der Waals surface area (Å²) < 4.78 is 0. The number of carbonyl (C=O) groups excluding carboxylic acids is 1. The predicted octanol–water partition coefficient (Wildman–Crippen LogP) is 3.23. The lowest BCUT2D eigenvalue weighted by Gasteiger charge is -2.23. The molecule has 0 aliphatic rings. The van der Waals surface area contributed by atoms with Crippen LogP contribution < -0.4 is 11.1 Å². The number of rotatable bonds is 7. The number of likely N-dealkylation sites (N-methyl/N-ethyl adjacent to an activating group) is 1. The van der Waals surface area contributed by atoms with Gasteiger partial charge < -0.3 is 11.1 Å². The summed E-state index contributed by atoms with van der Waals surface area (Å²) in [4.78, 5) is 14.2. The highest BCUT2D eigenvalue weighted by Gasteiger charge is 2.13. The SMILES string of the molecule is CCC(C)CN(CC)CC(=O)Nc1cc(N)ccc1Cl. The molecule has 0 saturated carbocycles. The van der Waals surface area contributed by atoms with Crippen molar-refractivity contribution in [3.63, 3.8) is 0 Å². The van der Waals surface area contributed by atoms with Crippen LogP contribution in [0.1, 0.15) is 27.2 Å². The van der Waals surface area contributed by atoms with E-state index >= 15 is 0 Å². The number of hydrogen-bond acceptors (Lipinski definition) is 3. The van der Waals surface area contributed by atoms with Crippen LogP contribution in [0, 0.1) is 5.92 Å². The summed E-state index contributed by atoms with van der Waals surface area (Å²) in [5, 5.41) is 3.31. The maximum Gasteiger partial charge on any atom is 0.238 e. The Kier molecular flexibility index (Phi) is 6.82. The average Bonchev–Trinajstić information content (AvgIpc) is 2.41. The van der Waals surface area contributed by atoms with Gasteiger partial charge in [0.25, 0.3) is 0 Å². The second kappa shape index (κ2) is 8.12. The van der Waals surface area contributed by atoms with E-state index in [-0.39, 0.29) is 5.91 Å².